The Balaban J connectivity index is 1.73. The van der Waals surface area contributed by atoms with Gasteiger partial charge in [0.2, 0.25) is 0 Å². The fraction of sp³-hybridized carbons (Fsp3) is 0.136. The molecule has 0 bridgehead atoms. The number of benzene rings is 2. The summed E-state index contributed by atoms with van der Waals surface area (Å²) in [5, 5.41) is 29.6. The molecular formula is C22H19N3O4. The number of hydrogen-bond acceptors (Lipinski definition) is 6. The van der Waals surface area contributed by atoms with Gasteiger partial charge in [0.25, 0.3) is 5.91 Å². The number of nitrogens with zero attached hydrogens (tertiary/aromatic N) is 2. The molecular weight excluding hydrogens is 370 g/mol. The predicted molar refractivity (Wildman–Crippen MR) is 107 cm³/mol. The lowest BCUT2D eigenvalue weighted by Gasteiger charge is -2.10. The summed E-state index contributed by atoms with van der Waals surface area (Å²) >= 11 is 0. The molecule has 7 nitrogen and oxygen atoms in total. The maximum absolute atomic E-state index is 11.7. The van der Waals surface area contributed by atoms with Crippen LogP contribution < -0.4 is 10.1 Å². The van der Waals surface area contributed by atoms with Crippen molar-refractivity contribution in [2.24, 2.45) is 0 Å². The minimum atomic E-state index is -1.50. The first kappa shape index (κ1) is 20.0. The summed E-state index contributed by atoms with van der Waals surface area (Å²) < 4.78 is 5.83. The van der Waals surface area contributed by atoms with Gasteiger partial charge in [-0.25, -0.2) is 4.98 Å². The molecule has 2 aromatic carbocycles. The van der Waals surface area contributed by atoms with Gasteiger partial charge in [-0.2, -0.15) is 5.26 Å². The number of hydrogen-bond donors (Lipinski definition) is 3. The number of carbonyl (C=O) groups excluding carboxylic acids is 1. The molecule has 1 unspecified atom stereocenters. The molecule has 0 spiro atoms. The zero-order chi connectivity index (χ0) is 20.8. The summed E-state index contributed by atoms with van der Waals surface area (Å²) in [6, 6.07) is 19.8. The lowest BCUT2D eigenvalue weighted by Crippen LogP contribution is -2.30. The smallest absolute Gasteiger partial charge is 0.256 e. The molecule has 0 aliphatic heterocycles. The third kappa shape index (κ3) is 4.96. The molecule has 0 radical (unpaired) electrons. The Morgan fingerprint density at radius 3 is 2.55 bits per heavy atom. The quantitative estimate of drug-likeness (QED) is 0.597. The standard InChI is InChI=1S/C22H19N3O4/c1-14-11-18(10-7-16(14)12-23)29-17-8-5-15(6-9-17)19-3-2-4-21(24-19)25-22(28)20(27)13-26/h2-11,20,26-27H,13H2,1H3,(H,24,25,28). The maximum atomic E-state index is 11.7. The van der Waals surface area contributed by atoms with Gasteiger partial charge in [0, 0.05) is 5.56 Å². The second-order valence-electron chi connectivity index (χ2n) is 6.31. The largest absolute Gasteiger partial charge is 0.457 e. The summed E-state index contributed by atoms with van der Waals surface area (Å²) in [6.45, 7) is 1.19. The van der Waals surface area contributed by atoms with Gasteiger partial charge in [-0.05, 0) is 67.1 Å². The van der Waals surface area contributed by atoms with Gasteiger partial charge < -0.3 is 20.3 Å². The molecule has 3 rings (SSSR count). The molecule has 146 valence electrons. The Kier molecular flexibility index (Phi) is 6.19. The molecule has 0 saturated heterocycles. The maximum Gasteiger partial charge on any atom is 0.256 e. The molecule has 0 fully saturated rings. The van der Waals surface area contributed by atoms with Gasteiger partial charge in [-0.1, -0.05) is 6.07 Å². The molecule has 0 aliphatic rings. The normalized spacial score (nSPS) is 11.4. The molecule has 1 amide bonds. The van der Waals surface area contributed by atoms with Crippen molar-refractivity contribution in [2.75, 3.05) is 11.9 Å². The minimum Gasteiger partial charge on any atom is -0.457 e. The van der Waals surface area contributed by atoms with Crippen LogP contribution in [0.1, 0.15) is 11.1 Å². The predicted octanol–water partition coefficient (Wildman–Crippen LogP) is 3.01. The van der Waals surface area contributed by atoms with Crippen molar-refractivity contribution in [1.29, 1.82) is 5.26 Å². The van der Waals surface area contributed by atoms with Gasteiger partial charge >= 0.3 is 0 Å². The summed E-state index contributed by atoms with van der Waals surface area (Å²) in [5.41, 5.74) is 2.89. The molecule has 1 aromatic heterocycles. The third-order valence-corrected chi connectivity index (χ3v) is 4.18. The van der Waals surface area contributed by atoms with E-state index < -0.39 is 18.6 Å². The Bertz CT molecular complexity index is 1060. The Labute approximate surface area is 167 Å². The average molecular weight is 389 g/mol. The SMILES string of the molecule is Cc1cc(Oc2ccc(-c3cccc(NC(=O)C(O)CO)n3)cc2)ccc1C#N. The number of anilines is 1. The number of aromatic nitrogens is 1. The fourth-order valence-corrected chi connectivity index (χ4v) is 2.61. The van der Waals surface area contributed by atoms with Crippen molar-refractivity contribution in [3.8, 4) is 28.8 Å². The van der Waals surface area contributed by atoms with E-state index in [4.69, 9.17) is 15.1 Å². The van der Waals surface area contributed by atoms with E-state index >= 15 is 0 Å². The molecule has 7 heteroatoms. The van der Waals surface area contributed by atoms with Crippen LogP contribution in [0, 0.1) is 18.3 Å². The number of ether oxygens (including phenoxy) is 1. The number of pyridine rings is 1. The third-order valence-electron chi connectivity index (χ3n) is 4.18. The molecule has 0 saturated carbocycles. The van der Waals surface area contributed by atoms with E-state index in [0.717, 1.165) is 11.1 Å². The van der Waals surface area contributed by atoms with Crippen molar-refractivity contribution in [3.05, 3.63) is 71.8 Å². The van der Waals surface area contributed by atoms with Crippen molar-refractivity contribution in [1.82, 2.24) is 4.98 Å². The second kappa shape index (κ2) is 8.97. The summed E-state index contributed by atoms with van der Waals surface area (Å²) in [6.07, 6.45) is -1.50. The first-order valence-corrected chi connectivity index (χ1v) is 8.86. The van der Waals surface area contributed by atoms with Crippen molar-refractivity contribution in [3.63, 3.8) is 0 Å². The van der Waals surface area contributed by atoms with Crippen molar-refractivity contribution in [2.45, 2.75) is 13.0 Å². The van der Waals surface area contributed by atoms with Crippen LogP contribution in [0.2, 0.25) is 0 Å². The van der Waals surface area contributed by atoms with Gasteiger partial charge in [-0.15, -0.1) is 0 Å². The van der Waals surface area contributed by atoms with Crippen LogP contribution in [0.25, 0.3) is 11.3 Å². The van der Waals surface area contributed by atoms with Crippen LogP contribution in [-0.4, -0.2) is 33.8 Å². The number of nitriles is 1. The van der Waals surface area contributed by atoms with Crippen LogP contribution in [0.15, 0.2) is 60.7 Å². The minimum absolute atomic E-state index is 0.272. The van der Waals surface area contributed by atoms with Crippen molar-refractivity contribution >= 4 is 11.7 Å². The Morgan fingerprint density at radius 1 is 1.17 bits per heavy atom. The van der Waals surface area contributed by atoms with Crippen LogP contribution in [0.3, 0.4) is 0 Å². The number of aliphatic hydroxyl groups is 2. The molecule has 0 aliphatic carbocycles. The Morgan fingerprint density at radius 2 is 1.90 bits per heavy atom. The van der Waals surface area contributed by atoms with E-state index in [-0.39, 0.29) is 5.82 Å². The lowest BCUT2D eigenvalue weighted by atomic mass is 10.1. The van der Waals surface area contributed by atoms with E-state index in [1.54, 1.807) is 48.5 Å². The highest BCUT2D eigenvalue weighted by Gasteiger charge is 2.14. The van der Waals surface area contributed by atoms with Gasteiger partial charge in [0.05, 0.1) is 23.9 Å². The van der Waals surface area contributed by atoms with Gasteiger partial charge in [-0.3, -0.25) is 4.79 Å². The monoisotopic (exact) mass is 389 g/mol. The molecule has 1 atom stereocenters. The molecule has 1 heterocycles. The van der Waals surface area contributed by atoms with E-state index in [0.29, 0.717) is 22.8 Å². The van der Waals surface area contributed by atoms with Crippen molar-refractivity contribution < 1.29 is 19.7 Å². The van der Waals surface area contributed by atoms with E-state index in [2.05, 4.69) is 16.4 Å². The number of aliphatic hydroxyl groups excluding tert-OH is 2. The van der Waals surface area contributed by atoms with Crippen LogP contribution in [0.4, 0.5) is 5.82 Å². The highest BCUT2D eigenvalue weighted by Crippen LogP contribution is 2.27. The molecule has 29 heavy (non-hydrogen) atoms. The number of amides is 1. The highest BCUT2D eigenvalue weighted by molar-refractivity contribution is 5.93. The second-order valence-corrected chi connectivity index (χ2v) is 6.31. The Hall–Kier alpha value is -3.73. The van der Waals surface area contributed by atoms with Crippen LogP contribution in [0.5, 0.6) is 11.5 Å². The zero-order valence-corrected chi connectivity index (χ0v) is 15.7. The lowest BCUT2D eigenvalue weighted by molar-refractivity contribution is -0.125. The highest BCUT2D eigenvalue weighted by atomic mass is 16.5. The summed E-state index contributed by atoms with van der Waals surface area (Å²) in [4.78, 5) is 16.0. The van der Waals surface area contributed by atoms with E-state index in [1.807, 2.05) is 19.1 Å². The average Bonchev–Trinajstić information content (AvgIpc) is 2.74. The summed E-state index contributed by atoms with van der Waals surface area (Å²) in [5.74, 6) is 0.819. The molecule has 3 N–H and O–H groups in total. The number of nitrogens with one attached hydrogen (secondary N) is 1. The summed E-state index contributed by atoms with van der Waals surface area (Å²) in [7, 11) is 0. The molecule has 3 aromatic rings. The number of carbonyl (C=O) groups is 1. The van der Waals surface area contributed by atoms with E-state index in [9.17, 15) is 9.90 Å². The van der Waals surface area contributed by atoms with Crippen LogP contribution >= 0.6 is 0 Å². The van der Waals surface area contributed by atoms with Gasteiger partial charge in [0.15, 0.2) is 6.10 Å². The first-order valence-electron chi connectivity index (χ1n) is 8.86. The van der Waals surface area contributed by atoms with Crippen LogP contribution in [-0.2, 0) is 4.79 Å². The number of aryl methyl sites for hydroxylation is 1. The number of rotatable bonds is 6. The topological polar surface area (TPSA) is 115 Å². The van der Waals surface area contributed by atoms with Gasteiger partial charge in [0.1, 0.15) is 17.3 Å². The fourth-order valence-electron chi connectivity index (χ4n) is 2.61. The first-order chi connectivity index (χ1) is 14.0. The van der Waals surface area contributed by atoms with E-state index in [1.165, 1.54) is 0 Å². The zero-order valence-electron chi connectivity index (χ0n) is 15.7.